The van der Waals surface area contributed by atoms with Gasteiger partial charge in [0.25, 0.3) is 5.91 Å². The third kappa shape index (κ3) is 4.57. The molecule has 1 amide bonds. The topological polar surface area (TPSA) is 55.4 Å². The quantitative estimate of drug-likeness (QED) is 0.833. The van der Waals surface area contributed by atoms with Gasteiger partial charge in [-0.3, -0.25) is 9.59 Å². The van der Waals surface area contributed by atoms with Crippen molar-refractivity contribution in [1.29, 1.82) is 0 Å². The number of ketones is 1. The molecule has 120 valence electrons. The predicted molar refractivity (Wildman–Crippen MR) is 91.4 cm³/mol. The molecule has 0 fully saturated rings. The number of carbonyl (C=O) groups excluding carboxylic acids is 2. The van der Waals surface area contributed by atoms with Gasteiger partial charge in [0.15, 0.2) is 11.9 Å². The molecule has 2 aromatic carbocycles. The largest absolute Gasteiger partial charge is 0.481 e. The maximum absolute atomic E-state index is 12.2. The van der Waals surface area contributed by atoms with Crippen LogP contribution in [0.25, 0.3) is 0 Å². The number of nitrogens with one attached hydrogen (secondary N) is 1. The van der Waals surface area contributed by atoms with Crippen molar-refractivity contribution in [3.05, 3.63) is 58.6 Å². The maximum atomic E-state index is 12.2. The summed E-state index contributed by atoms with van der Waals surface area (Å²) in [5.41, 5.74) is 2.08. The van der Waals surface area contributed by atoms with Crippen molar-refractivity contribution in [2.45, 2.75) is 26.9 Å². The lowest BCUT2D eigenvalue weighted by Crippen LogP contribution is -2.30. The monoisotopic (exact) mass is 331 g/mol. The Bertz CT molecular complexity index is 726. The van der Waals surface area contributed by atoms with E-state index in [0.29, 0.717) is 22.0 Å². The molecule has 5 heteroatoms. The minimum absolute atomic E-state index is 0.0159. The second kappa shape index (κ2) is 7.29. The van der Waals surface area contributed by atoms with Crippen LogP contribution in [-0.2, 0) is 4.79 Å². The summed E-state index contributed by atoms with van der Waals surface area (Å²) in [6, 6.07) is 12.0. The average Bonchev–Trinajstić information content (AvgIpc) is 2.50. The predicted octanol–water partition coefficient (Wildman–Crippen LogP) is 4.26. The van der Waals surface area contributed by atoms with Crippen molar-refractivity contribution in [3.8, 4) is 5.75 Å². The molecular weight excluding hydrogens is 314 g/mol. The van der Waals surface area contributed by atoms with E-state index in [1.807, 2.05) is 6.92 Å². The van der Waals surface area contributed by atoms with Crippen molar-refractivity contribution < 1.29 is 14.3 Å². The summed E-state index contributed by atoms with van der Waals surface area (Å²) in [5, 5.41) is 3.38. The highest BCUT2D eigenvalue weighted by molar-refractivity contribution is 6.30. The van der Waals surface area contributed by atoms with Gasteiger partial charge in [-0.1, -0.05) is 11.6 Å². The zero-order valence-corrected chi connectivity index (χ0v) is 14.0. The number of benzene rings is 2. The number of anilines is 1. The summed E-state index contributed by atoms with van der Waals surface area (Å²) in [6.07, 6.45) is -0.664. The Morgan fingerprint density at radius 1 is 1.13 bits per heavy atom. The molecule has 0 saturated carbocycles. The summed E-state index contributed by atoms with van der Waals surface area (Å²) < 4.78 is 5.67. The zero-order valence-electron chi connectivity index (χ0n) is 13.2. The van der Waals surface area contributed by atoms with E-state index in [9.17, 15) is 9.59 Å². The van der Waals surface area contributed by atoms with E-state index < -0.39 is 6.10 Å². The Morgan fingerprint density at radius 2 is 1.78 bits per heavy atom. The van der Waals surface area contributed by atoms with Crippen molar-refractivity contribution >= 4 is 29.0 Å². The van der Waals surface area contributed by atoms with Gasteiger partial charge in [0.05, 0.1) is 0 Å². The van der Waals surface area contributed by atoms with Gasteiger partial charge in [0.2, 0.25) is 0 Å². The Hall–Kier alpha value is -2.33. The van der Waals surface area contributed by atoms with E-state index in [-0.39, 0.29) is 11.7 Å². The van der Waals surface area contributed by atoms with Crippen molar-refractivity contribution in [1.82, 2.24) is 0 Å². The number of hydrogen-bond donors (Lipinski definition) is 1. The Labute approximate surface area is 140 Å². The van der Waals surface area contributed by atoms with Crippen molar-refractivity contribution in [2.75, 3.05) is 5.32 Å². The summed E-state index contributed by atoms with van der Waals surface area (Å²) in [4.78, 5) is 23.4. The van der Waals surface area contributed by atoms with Crippen LogP contribution in [0.4, 0.5) is 5.69 Å². The first-order valence-corrected chi connectivity index (χ1v) is 7.59. The van der Waals surface area contributed by atoms with E-state index in [0.717, 1.165) is 5.56 Å². The summed E-state index contributed by atoms with van der Waals surface area (Å²) in [7, 11) is 0. The molecule has 0 heterocycles. The molecule has 23 heavy (non-hydrogen) atoms. The maximum Gasteiger partial charge on any atom is 0.265 e. The number of amides is 1. The molecule has 0 aromatic heterocycles. The van der Waals surface area contributed by atoms with Gasteiger partial charge in [0.1, 0.15) is 5.75 Å². The van der Waals surface area contributed by atoms with E-state index in [4.69, 9.17) is 16.3 Å². The van der Waals surface area contributed by atoms with Crippen LogP contribution in [0.3, 0.4) is 0 Å². The summed E-state index contributed by atoms with van der Waals surface area (Å²) >= 11 is 5.90. The first kappa shape index (κ1) is 17.0. The third-order valence-electron chi connectivity index (χ3n) is 3.37. The number of hydrogen-bond acceptors (Lipinski definition) is 3. The number of carbonyl (C=O) groups is 2. The van der Waals surface area contributed by atoms with Crippen LogP contribution >= 0.6 is 11.6 Å². The van der Waals surface area contributed by atoms with Gasteiger partial charge >= 0.3 is 0 Å². The smallest absolute Gasteiger partial charge is 0.265 e. The first-order chi connectivity index (χ1) is 10.9. The van der Waals surface area contributed by atoms with Crippen LogP contribution < -0.4 is 10.1 Å². The van der Waals surface area contributed by atoms with Gasteiger partial charge in [-0.2, -0.15) is 0 Å². The van der Waals surface area contributed by atoms with Gasteiger partial charge < -0.3 is 10.1 Å². The molecule has 2 rings (SSSR count). The highest BCUT2D eigenvalue weighted by Gasteiger charge is 2.16. The van der Waals surface area contributed by atoms with Gasteiger partial charge in [-0.05, 0) is 68.8 Å². The number of halogens is 1. The third-order valence-corrected chi connectivity index (χ3v) is 3.60. The van der Waals surface area contributed by atoms with Gasteiger partial charge in [0, 0.05) is 16.3 Å². The van der Waals surface area contributed by atoms with Crippen LogP contribution in [-0.4, -0.2) is 17.8 Å². The SMILES string of the molecule is CC(=O)c1ccc(NC(=O)[C@H](C)Oc2ccc(Cl)cc2C)cc1. The highest BCUT2D eigenvalue weighted by atomic mass is 35.5. The Morgan fingerprint density at radius 3 is 2.35 bits per heavy atom. The summed E-state index contributed by atoms with van der Waals surface area (Å²) in [5.74, 6) is 0.330. The van der Waals surface area contributed by atoms with Crippen LogP contribution in [0, 0.1) is 6.92 Å². The molecule has 0 radical (unpaired) electrons. The molecule has 4 nitrogen and oxygen atoms in total. The lowest BCUT2D eigenvalue weighted by Gasteiger charge is -2.16. The molecule has 0 bridgehead atoms. The first-order valence-electron chi connectivity index (χ1n) is 7.21. The van der Waals surface area contributed by atoms with Crippen molar-refractivity contribution in [2.24, 2.45) is 0 Å². The fourth-order valence-corrected chi connectivity index (χ4v) is 2.25. The lowest BCUT2D eigenvalue weighted by molar-refractivity contribution is -0.122. The van der Waals surface area contributed by atoms with Gasteiger partial charge in [-0.15, -0.1) is 0 Å². The van der Waals surface area contributed by atoms with Crippen LogP contribution in [0.15, 0.2) is 42.5 Å². The van der Waals surface area contributed by atoms with Gasteiger partial charge in [-0.25, -0.2) is 0 Å². The standard InChI is InChI=1S/C18H18ClNO3/c1-11-10-15(19)6-9-17(11)23-13(3)18(22)20-16-7-4-14(5-8-16)12(2)21/h4-10,13H,1-3H3,(H,20,22)/t13-/m0/s1. The minimum Gasteiger partial charge on any atom is -0.481 e. The zero-order chi connectivity index (χ0) is 17.0. The number of ether oxygens (including phenoxy) is 1. The molecular formula is C18H18ClNO3. The van der Waals surface area contributed by atoms with Crippen LogP contribution in [0.2, 0.25) is 5.02 Å². The van der Waals surface area contributed by atoms with E-state index in [1.54, 1.807) is 49.4 Å². The number of Topliss-reactive ketones (excluding diaryl/α,β-unsaturated/α-hetero) is 1. The fourth-order valence-electron chi connectivity index (χ4n) is 2.02. The summed E-state index contributed by atoms with van der Waals surface area (Å²) in [6.45, 7) is 5.04. The molecule has 1 N–H and O–H groups in total. The molecule has 0 saturated heterocycles. The number of aryl methyl sites for hydroxylation is 1. The Balaban J connectivity index is 2.00. The van der Waals surface area contributed by atoms with Crippen molar-refractivity contribution in [3.63, 3.8) is 0 Å². The molecule has 0 unspecified atom stereocenters. The molecule has 2 aromatic rings. The van der Waals surface area contributed by atoms with Crippen LogP contribution in [0.5, 0.6) is 5.75 Å². The fraction of sp³-hybridized carbons (Fsp3) is 0.222. The lowest BCUT2D eigenvalue weighted by atomic mass is 10.1. The van der Waals surface area contributed by atoms with Crippen LogP contribution in [0.1, 0.15) is 29.8 Å². The second-order valence-corrected chi connectivity index (χ2v) is 5.73. The highest BCUT2D eigenvalue weighted by Crippen LogP contribution is 2.23. The van der Waals surface area contributed by atoms with E-state index >= 15 is 0 Å². The molecule has 0 spiro atoms. The second-order valence-electron chi connectivity index (χ2n) is 5.29. The molecule has 1 atom stereocenters. The average molecular weight is 332 g/mol. The molecule has 0 aliphatic heterocycles. The van der Waals surface area contributed by atoms with E-state index in [1.165, 1.54) is 6.92 Å². The van der Waals surface area contributed by atoms with E-state index in [2.05, 4.69) is 5.32 Å². The molecule has 0 aliphatic carbocycles. The minimum atomic E-state index is -0.664. The molecule has 0 aliphatic rings. The Kier molecular flexibility index (Phi) is 5.40. The number of rotatable bonds is 5. The normalized spacial score (nSPS) is 11.7.